The van der Waals surface area contributed by atoms with Gasteiger partial charge in [-0.25, -0.2) is 0 Å². The number of aliphatic hydroxyl groups excluding tert-OH is 2. The zero-order chi connectivity index (χ0) is 12.7. The van der Waals surface area contributed by atoms with Gasteiger partial charge in [-0.2, -0.15) is 9.78 Å². The molecule has 0 aliphatic rings. The summed E-state index contributed by atoms with van der Waals surface area (Å²) in [6, 6.07) is 0. The van der Waals surface area contributed by atoms with Gasteiger partial charge in [0.15, 0.2) is 11.6 Å². The van der Waals surface area contributed by atoms with E-state index in [1.807, 2.05) is 0 Å². The third kappa shape index (κ3) is 7.98. The number of ether oxygens (including phenoxy) is 2. The maximum Gasteiger partial charge on any atom is 0.196 e. The second-order valence-corrected chi connectivity index (χ2v) is 4.11. The zero-order valence-electron chi connectivity index (χ0n) is 10.4. The largest absolute Gasteiger partial charge is 0.394 e. The van der Waals surface area contributed by atoms with Gasteiger partial charge in [0.2, 0.25) is 0 Å². The van der Waals surface area contributed by atoms with Crippen LogP contribution in [0.25, 0.3) is 0 Å². The van der Waals surface area contributed by atoms with Crippen molar-refractivity contribution < 1.29 is 29.5 Å². The number of rotatable bonds is 9. The van der Waals surface area contributed by atoms with Crippen molar-refractivity contribution in [3.63, 3.8) is 0 Å². The lowest BCUT2D eigenvalue weighted by Gasteiger charge is -2.30. The Morgan fingerprint density at radius 3 is 1.31 bits per heavy atom. The molecule has 0 aliphatic heterocycles. The van der Waals surface area contributed by atoms with Crippen LogP contribution in [0.2, 0.25) is 0 Å². The molecule has 2 N–H and O–H groups in total. The van der Waals surface area contributed by atoms with Gasteiger partial charge in [0.25, 0.3) is 0 Å². The Labute approximate surface area is 96.0 Å². The van der Waals surface area contributed by atoms with E-state index in [1.54, 1.807) is 27.7 Å². The first-order chi connectivity index (χ1) is 7.33. The molecule has 0 aromatic rings. The van der Waals surface area contributed by atoms with E-state index >= 15 is 0 Å². The van der Waals surface area contributed by atoms with Crippen molar-refractivity contribution in [1.82, 2.24) is 0 Å². The van der Waals surface area contributed by atoms with Crippen molar-refractivity contribution in [2.24, 2.45) is 0 Å². The second-order valence-electron chi connectivity index (χ2n) is 4.11. The quantitative estimate of drug-likeness (QED) is 0.344. The normalized spacial score (nSPS) is 13.1. The Morgan fingerprint density at radius 1 is 0.750 bits per heavy atom. The number of aliphatic hydroxyl groups is 2. The van der Waals surface area contributed by atoms with E-state index in [4.69, 9.17) is 29.5 Å². The first-order valence-electron chi connectivity index (χ1n) is 5.19. The van der Waals surface area contributed by atoms with Crippen LogP contribution >= 0.6 is 0 Å². The van der Waals surface area contributed by atoms with Crippen molar-refractivity contribution in [2.75, 3.05) is 26.4 Å². The van der Waals surface area contributed by atoms with Crippen LogP contribution in [0.5, 0.6) is 0 Å². The summed E-state index contributed by atoms with van der Waals surface area (Å²) in [4.78, 5) is 10.1. The lowest BCUT2D eigenvalue weighted by Crippen LogP contribution is -2.37. The van der Waals surface area contributed by atoms with E-state index in [9.17, 15) is 0 Å². The van der Waals surface area contributed by atoms with E-state index in [2.05, 4.69) is 0 Å². The molecule has 0 aromatic heterocycles. The Balaban J connectivity index is 3.91. The lowest BCUT2D eigenvalue weighted by molar-refractivity contribution is -0.490. The molecule has 0 saturated carbocycles. The van der Waals surface area contributed by atoms with Crippen molar-refractivity contribution in [2.45, 2.75) is 39.3 Å². The molecule has 16 heavy (non-hydrogen) atoms. The average molecular weight is 238 g/mol. The summed E-state index contributed by atoms with van der Waals surface area (Å²) in [7, 11) is 0. The highest BCUT2D eigenvalue weighted by Gasteiger charge is 2.27. The Hall–Kier alpha value is -0.240. The van der Waals surface area contributed by atoms with Crippen molar-refractivity contribution >= 4 is 0 Å². The van der Waals surface area contributed by atoms with Gasteiger partial charge in [-0.1, -0.05) is 0 Å². The highest BCUT2D eigenvalue weighted by atomic mass is 17.3. The average Bonchev–Trinajstić information content (AvgIpc) is 2.22. The molecule has 0 rings (SSSR count). The summed E-state index contributed by atoms with van der Waals surface area (Å²) in [6.45, 7) is 6.78. The summed E-state index contributed by atoms with van der Waals surface area (Å²) in [5.74, 6) is -1.94. The SMILES string of the molecule is CC(C)(OCCO)OOC(C)(C)OCCO. The fourth-order valence-electron chi connectivity index (χ4n) is 0.832. The zero-order valence-corrected chi connectivity index (χ0v) is 10.4. The van der Waals surface area contributed by atoms with Gasteiger partial charge in [-0.3, -0.25) is 0 Å². The fraction of sp³-hybridized carbons (Fsp3) is 1.00. The minimum atomic E-state index is -0.970. The summed E-state index contributed by atoms with van der Waals surface area (Å²) >= 11 is 0. The van der Waals surface area contributed by atoms with Gasteiger partial charge >= 0.3 is 0 Å². The van der Waals surface area contributed by atoms with Crippen molar-refractivity contribution in [3.05, 3.63) is 0 Å². The smallest absolute Gasteiger partial charge is 0.196 e. The molecular formula is C10H22O6. The molecule has 0 unspecified atom stereocenters. The van der Waals surface area contributed by atoms with Crippen LogP contribution in [0.15, 0.2) is 0 Å². The molecule has 0 spiro atoms. The predicted octanol–water partition coefficient (Wildman–Crippen LogP) is 0.425. The van der Waals surface area contributed by atoms with Crippen LogP contribution in [0.1, 0.15) is 27.7 Å². The van der Waals surface area contributed by atoms with E-state index in [-0.39, 0.29) is 26.4 Å². The van der Waals surface area contributed by atoms with E-state index in [0.29, 0.717) is 0 Å². The fourth-order valence-corrected chi connectivity index (χ4v) is 0.832. The summed E-state index contributed by atoms with van der Waals surface area (Å²) < 4.78 is 10.4. The second kappa shape index (κ2) is 7.16. The Morgan fingerprint density at radius 2 is 1.06 bits per heavy atom. The summed E-state index contributed by atoms with van der Waals surface area (Å²) in [5.41, 5.74) is 0. The molecule has 0 fully saturated rings. The molecule has 98 valence electrons. The molecule has 0 heterocycles. The summed E-state index contributed by atoms with van der Waals surface area (Å²) in [6.07, 6.45) is 0. The molecular weight excluding hydrogens is 216 g/mol. The van der Waals surface area contributed by atoms with Gasteiger partial charge in [0.1, 0.15) is 0 Å². The maximum atomic E-state index is 8.60. The number of hydrogen-bond acceptors (Lipinski definition) is 6. The standard InChI is InChI=1S/C10H22O6/c1-9(2,13-7-5-11)15-16-10(3,4)14-8-6-12/h11-12H,5-8H2,1-4H3. The molecule has 0 atom stereocenters. The van der Waals surface area contributed by atoms with E-state index < -0.39 is 11.6 Å². The lowest BCUT2D eigenvalue weighted by atomic mass is 10.4. The van der Waals surface area contributed by atoms with Gasteiger partial charge < -0.3 is 19.7 Å². The summed E-state index contributed by atoms with van der Waals surface area (Å²) in [5, 5.41) is 17.2. The maximum absolute atomic E-state index is 8.60. The molecule has 0 amide bonds. The van der Waals surface area contributed by atoms with Gasteiger partial charge in [0, 0.05) is 0 Å². The van der Waals surface area contributed by atoms with Gasteiger partial charge in [-0.15, -0.1) is 0 Å². The predicted molar refractivity (Wildman–Crippen MR) is 56.4 cm³/mol. The molecule has 6 heteroatoms. The van der Waals surface area contributed by atoms with Crippen LogP contribution < -0.4 is 0 Å². The molecule has 0 radical (unpaired) electrons. The van der Waals surface area contributed by atoms with Crippen LogP contribution in [-0.4, -0.2) is 48.2 Å². The van der Waals surface area contributed by atoms with Crippen LogP contribution in [0, 0.1) is 0 Å². The third-order valence-corrected chi connectivity index (χ3v) is 1.52. The monoisotopic (exact) mass is 238 g/mol. The molecule has 0 aromatic carbocycles. The Bertz CT molecular complexity index is 160. The van der Waals surface area contributed by atoms with Gasteiger partial charge in [0.05, 0.1) is 26.4 Å². The minimum absolute atomic E-state index is 0.0861. The highest BCUT2D eigenvalue weighted by Crippen LogP contribution is 2.18. The van der Waals surface area contributed by atoms with Crippen LogP contribution in [0.4, 0.5) is 0 Å². The van der Waals surface area contributed by atoms with Gasteiger partial charge in [-0.05, 0) is 27.7 Å². The molecule has 6 nitrogen and oxygen atoms in total. The molecule has 0 bridgehead atoms. The molecule has 0 aliphatic carbocycles. The topological polar surface area (TPSA) is 77.4 Å². The van der Waals surface area contributed by atoms with Crippen molar-refractivity contribution in [1.29, 1.82) is 0 Å². The Kier molecular flexibility index (Phi) is 7.05. The van der Waals surface area contributed by atoms with Crippen LogP contribution in [-0.2, 0) is 19.2 Å². The molecule has 0 saturated heterocycles. The minimum Gasteiger partial charge on any atom is -0.394 e. The third-order valence-electron chi connectivity index (χ3n) is 1.52. The number of hydrogen-bond donors (Lipinski definition) is 2. The van der Waals surface area contributed by atoms with E-state index in [0.717, 1.165) is 0 Å². The van der Waals surface area contributed by atoms with Crippen molar-refractivity contribution in [3.8, 4) is 0 Å². The van der Waals surface area contributed by atoms with Crippen LogP contribution in [0.3, 0.4) is 0 Å². The highest BCUT2D eigenvalue weighted by molar-refractivity contribution is 4.53. The first kappa shape index (κ1) is 15.8. The van der Waals surface area contributed by atoms with E-state index in [1.165, 1.54) is 0 Å². The first-order valence-corrected chi connectivity index (χ1v) is 5.19.